The molecule has 0 saturated heterocycles. The van der Waals surface area contributed by atoms with Gasteiger partial charge in [-0.3, -0.25) is 4.79 Å². The molecule has 104 valence electrons. The first-order valence-corrected chi connectivity index (χ1v) is 5.59. The molecule has 0 aliphatic rings. The average molecular weight is 277 g/mol. The van der Waals surface area contributed by atoms with Gasteiger partial charge in [0, 0.05) is 0 Å². The van der Waals surface area contributed by atoms with Crippen LogP contribution in [0.25, 0.3) is 0 Å². The molecule has 1 aromatic carbocycles. The molecule has 0 radical (unpaired) electrons. The molecule has 0 aliphatic heterocycles. The van der Waals surface area contributed by atoms with E-state index in [1.54, 1.807) is 0 Å². The molecule has 4 N–H and O–H groups in total. The molecule has 0 atom stereocenters. The van der Waals surface area contributed by atoms with Crippen LogP contribution in [0.2, 0.25) is 0 Å². The van der Waals surface area contributed by atoms with Crippen molar-refractivity contribution >= 4 is 11.9 Å². The van der Waals surface area contributed by atoms with Gasteiger partial charge in [0.15, 0.2) is 0 Å². The topological polar surface area (TPSA) is 120 Å². The molecule has 20 heavy (non-hydrogen) atoms. The van der Waals surface area contributed by atoms with Crippen LogP contribution in [-0.4, -0.2) is 27.2 Å². The molecule has 1 amide bonds. The molecule has 0 fully saturated rings. The molecule has 0 unspecified atom stereocenters. The van der Waals surface area contributed by atoms with Gasteiger partial charge in [-0.15, -0.1) is 0 Å². The third-order valence-corrected chi connectivity index (χ3v) is 2.52. The Kier molecular flexibility index (Phi) is 3.60. The Labute approximate surface area is 113 Å². The fourth-order valence-corrected chi connectivity index (χ4v) is 1.56. The van der Waals surface area contributed by atoms with E-state index < -0.39 is 11.9 Å². The highest BCUT2D eigenvalue weighted by atomic mass is 16.4. The first-order valence-electron chi connectivity index (χ1n) is 5.59. The van der Waals surface area contributed by atoms with Gasteiger partial charge in [0.25, 0.3) is 5.91 Å². The van der Waals surface area contributed by atoms with Gasteiger partial charge in [0.1, 0.15) is 17.3 Å². The van der Waals surface area contributed by atoms with Crippen LogP contribution in [0, 0.1) is 0 Å². The van der Waals surface area contributed by atoms with Gasteiger partial charge in [0.2, 0.25) is 5.76 Å². The van der Waals surface area contributed by atoms with Crippen molar-refractivity contribution in [1.29, 1.82) is 0 Å². The Morgan fingerprint density at radius 3 is 2.55 bits per heavy atom. The van der Waals surface area contributed by atoms with E-state index >= 15 is 0 Å². The minimum Gasteiger partial charge on any atom is -0.508 e. The second-order valence-corrected chi connectivity index (χ2v) is 3.96. The Morgan fingerprint density at radius 2 is 1.90 bits per heavy atom. The summed E-state index contributed by atoms with van der Waals surface area (Å²) in [5, 5.41) is 29.9. The summed E-state index contributed by atoms with van der Waals surface area (Å²) < 4.78 is 4.96. The summed E-state index contributed by atoms with van der Waals surface area (Å²) in [5.74, 6) is -2.21. The molecule has 7 nitrogen and oxygen atoms in total. The lowest BCUT2D eigenvalue weighted by molar-refractivity contribution is 0.0660. The first kappa shape index (κ1) is 13.5. The Bertz CT molecular complexity index is 661. The molecular formula is C13H11NO6. The molecular weight excluding hydrogens is 266 g/mol. The van der Waals surface area contributed by atoms with Crippen molar-refractivity contribution in [2.45, 2.75) is 6.54 Å². The summed E-state index contributed by atoms with van der Waals surface area (Å²) in [7, 11) is 0. The van der Waals surface area contributed by atoms with E-state index in [2.05, 4.69) is 5.32 Å². The van der Waals surface area contributed by atoms with Gasteiger partial charge in [-0.2, -0.15) is 0 Å². The largest absolute Gasteiger partial charge is 0.508 e. The third kappa shape index (κ3) is 2.89. The van der Waals surface area contributed by atoms with Gasteiger partial charge < -0.3 is 25.1 Å². The zero-order valence-corrected chi connectivity index (χ0v) is 10.2. The minimum absolute atomic E-state index is 0.0405. The molecule has 1 heterocycles. The number of carbonyl (C=O) groups excluding carboxylic acids is 1. The van der Waals surface area contributed by atoms with E-state index in [0.29, 0.717) is 0 Å². The number of nitrogens with one attached hydrogen (secondary N) is 1. The van der Waals surface area contributed by atoms with Crippen molar-refractivity contribution in [3.8, 4) is 11.5 Å². The van der Waals surface area contributed by atoms with Crippen molar-refractivity contribution < 1.29 is 29.3 Å². The molecule has 0 bridgehead atoms. The summed E-state index contributed by atoms with van der Waals surface area (Å²) >= 11 is 0. The van der Waals surface area contributed by atoms with Crippen molar-refractivity contribution in [3.63, 3.8) is 0 Å². The van der Waals surface area contributed by atoms with Crippen LogP contribution in [-0.2, 0) is 6.54 Å². The van der Waals surface area contributed by atoms with Gasteiger partial charge in [0.05, 0.1) is 12.1 Å². The highest BCUT2D eigenvalue weighted by Gasteiger charge is 2.13. The summed E-state index contributed by atoms with van der Waals surface area (Å²) in [5.41, 5.74) is -0.0879. The van der Waals surface area contributed by atoms with Gasteiger partial charge in [-0.1, -0.05) is 0 Å². The van der Waals surface area contributed by atoms with Crippen LogP contribution in [0.5, 0.6) is 11.5 Å². The third-order valence-electron chi connectivity index (χ3n) is 2.52. The second-order valence-electron chi connectivity index (χ2n) is 3.96. The Morgan fingerprint density at radius 1 is 1.15 bits per heavy atom. The number of furan rings is 1. The number of carboxylic acids is 1. The molecule has 0 saturated carbocycles. The van der Waals surface area contributed by atoms with Gasteiger partial charge in [-0.05, 0) is 30.3 Å². The number of phenols is 2. The van der Waals surface area contributed by atoms with Crippen molar-refractivity contribution in [2.75, 3.05) is 0 Å². The number of rotatable bonds is 4. The Balaban J connectivity index is 2.04. The van der Waals surface area contributed by atoms with E-state index in [1.807, 2.05) is 0 Å². The highest BCUT2D eigenvalue weighted by molar-refractivity contribution is 5.97. The molecule has 1 aromatic heterocycles. The molecule has 0 aliphatic carbocycles. The van der Waals surface area contributed by atoms with Gasteiger partial charge in [-0.25, -0.2) is 4.79 Å². The maximum Gasteiger partial charge on any atom is 0.371 e. The quantitative estimate of drug-likeness (QED) is 0.625. The SMILES string of the molecule is O=C(O)c1ccc(CNC(=O)c2cc(O)ccc2O)o1. The lowest BCUT2D eigenvalue weighted by Gasteiger charge is -2.05. The van der Waals surface area contributed by atoms with E-state index in [0.717, 1.165) is 6.07 Å². The number of hydrogen-bond acceptors (Lipinski definition) is 5. The number of hydrogen-bond donors (Lipinski definition) is 4. The maximum atomic E-state index is 11.8. The maximum absolute atomic E-state index is 11.8. The summed E-state index contributed by atoms with van der Waals surface area (Å²) in [6, 6.07) is 6.26. The van der Waals surface area contributed by atoms with E-state index in [-0.39, 0.29) is 35.1 Å². The minimum atomic E-state index is -1.20. The smallest absolute Gasteiger partial charge is 0.371 e. The van der Waals surface area contributed by atoms with E-state index in [1.165, 1.54) is 24.3 Å². The zero-order chi connectivity index (χ0) is 14.7. The Hall–Kier alpha value is -2.96. The number of aromatic hydroxyl groups is 2. The normalized spacial score (nSPS) is 10.2. The number of benzene rings is 1. The zero-order valence-electron chi connectivity index (χ0n) is 10.2. The summed E-state index contributed by atoms with van der Waals surface area (Å²) in [4.78, 5) is 22.4. The predicted octanol–water partition coefficient (Wildman–Crippen LogP) is 1.32. The molecule has 2 aromatic rings. The fraction of sp³-hybridized carbons (Fsp3) is 0.0769. The van der Waals surface area contributed by atoms with Crippen LogP contribution in [0.4, 0.5) is 0 Å². The second kappa shape index (κ2) is 5.35. The van der Waals surface area contributed by atoms with Crippen LogP contribution in [0.15, 0.2) is 34.7 Å². The lowest BCUT2D eigenvalue weighted by Crippen LogP contribution is -2.22. The van der Waals surface area contributed by atoms with Crippen LogP contribution < -0.4 is 5.32 Å². The van der Waals surface area contributed by atoms with Crippen LogP contribution in [0.3, 0.4) is 0 Å². The number of carboxylic acid groups (broad SMARTS) is 1. The predicted molar refractivity (Wildman–Crippen MR) is 66.6 cm³/mol. The van der Waals surface area contributed by atoms with Crippen LogP contribution >= 0.6 is 0 Å². The van der Waals surface area contributed by atoms with E-state index in [4.69, 9.17) is 9.52 Å². The van der Waals surface area contributed by atoms with Crippen molar-refractivity contribution in [1.82, 2.24) is 5.32 Å². The number of amides is 1. The molecule has 7 heteroatoms. The standard InChI is InChI=1S/C13H11NO6/c15-7-1-3-10(16)9(5-7)12(17)14-6-8-2-4-11(20-8)13(18)19/h1-5,15-16H,6H2,(H,14,17)(H,18,19). The number of carbonyl (C=O) groups is 2. The highest BCUT2D eigenvalue weighted by Crippen LogP contribution is 2.21. The van der Waals surface area contributed by atoms with Crippen LogP contribution in [0.1, 0.15) is 26.7 Å². The summed E-state index contributed by atoms with van der Waals surface area (Å²) in [6.45, 7) is -0.0405. The molecule has 2 rings (SSSR count). The first-order chi connectivity index (χ1) is 9.47. The average Bonchev–Trinajstić information content (AvgIpc) is 2.88. The lowest BCUT2D eigenvalue weighted by atomic mass is 10.2. The fourth-order valence-electron chi connectivity index (χ4n) is 1.56. The van der Waals surface area contributed by atoms with Crippen molar-refractivity contribution in [2.24, 2.45) is 0 Å². The summed E-state index contributed by atoms with van der Waals surface area (Å²) in [6.07, 6.45) is 0. The van der Waals surface area contributed by atoms with Crippen molar-refractivity contribution in [3.05, 3.63) is 47.4 Å². The van der Waals surface area contributed by atoms with E-state index in [9.17, 15) is 19.8 Å². The number of phenolic OH excluding ortho intramolecular Hbond substituents is 2. The van der Waals surface area contributed by atoms with Gasteiger partial charge >= 0.3 is 5.97 Å². The molecule has 0 spiro atoms. The monoisotopic (exact) mass is 277 g/mol. The number of aromatic carboxylic acids is 1.